The summed E-state index contributed by atoms with van der Waals surface area (Å²) in [6, 6.07) is 14.5. The van der Waals surface area contributed by atoms with Crippen LogP contribution in [0.15, 0.2) is 70.2 Å². The minimum absolute atomic E-state index is 0.0200. The topological polar surface area (TPSA) is 88.3 Å². The first-order valence-corrected chi connectivity index (χ1v) is 8.72. The average Bonchev–Trinajstić information content (AvgIpc) is 3.18. The second kappa shape index (κ2) is 7.41. The van der Waals surface area contributed by atoms with E-state index in [1.54, 1.807) is 6.20 Å². The zero-order valence-electron chi connectivity index (χ0n) is 14.5. The first-order valence-electron chi connectivity index (χ1n) is 8.72. The summed E-state index contributed by atoms with van der Waals surface area (Å²) in [5.41, 5.74) is 1.76. The molecular weight excluding hydrogens is 344 g/mol. The predicted molar refractivity (Wildman–Crippen MR) is 101 cm³/mol. The van der Waals surface area contributed by atoms with Crippen molar-refractivity contribution in [2.24, 2.45) is 0 Å². The van der Waals surface area contributed by atoms with E-state index in [9.17, 15) is 9.59 Å². The van der Waals surface area contributed by atoms with Gasteiger partial charge in [0.2, 0.25) is 5.95 Å². The average molecular weight is 362 g/mol. The second-order valence-electron chi connectivity index (χ2n) is 6.36. The number of nitrogens with zero attached hydrogens (tertiary/aromatic N) is 3. The van der Waals surface area contributed by atoms with Crippen LogP contribution in [-0.2, 0) is 0 Å². The molecule has 2 aromatic heterocycles. The number of aromatic nitrogens is 2. The first-order chi connectivity index (χ1) is 13.2. The van der Waals surface area contributed by atoms with E-state index >= 15 is 0 Å². The van der Waals surface area contributed by atoms with Crippen molar-refractivity contribution >= 4 is 11.9 Å². The molecule has 3 heterocycles. The van der Waals surface area contributed by atoms with Crippen LogP contribution in [0, 0.1) is 0 Å². The number of benzene rings is 1. The van der Waals surface area contributed by atoms with E-state index < -0.39 is 5.63 Å². The van der Waals surface area contributed by atoms with Gasteiger partial charge >= 0.3 is 5.63 Å². The highest BCUT2D eigenvalue weighted by molar-refractivity contribution is 5.93. The maximum atomic E-state index is 12.3. The third kappa shape index (κ3) is 3.87. The van der Waals surface area contributed by atoms with E-state index in [-0.39, 0.29) is 11.9 Å². The van der Waals surface area contributed by atoms with Crippen molar-refractivity contribution in [3.05, 3.63) is 77.0 Å². The fraction of sp³-hybridized carbons (Fsp3) is 0.200. The summed E-state index contributed by atoms with van der Waals surface area (Å²) >= 11 is 0. The largest absolute Gasteiger partial charge is 0.430 e. The number of hydrogen-bond donors (Lipinski definition) is 1. The Hall–Kier alpha value is -3.48. The molecule has 1 aliphatic rings. The molecule has 136 valence electrons. The summed E-state index contributed by atoms with van der Waals surface area (Å²) in [4.78, 5) is 34.4. The van der Waals surface area contributed by atoms with Crippen LogP contribution in [-0.4, -0.2) is 35.0 Å². The van der Waals surface area contributed by atoms with Gasteiger partial charge in [0, 0.05) is 37.0 Å². The third-order valence-electron chi connectivity index (χ3n) is 4.48. The molecule has 1 atom stereocenters. The molecule has 0 saturated carbocycles. The van der Waals surface area contributed by atoms with E-state index in [4.69, 9.17) is 4.42 Å². The molecule has 7 heteroatoms. The Morgan fingerprint density at radius 2 is 2.00 bits per heavy atom. The smallest absolute Gasteiger partial charge is 0.335 e. The molecule has 0 radical (unpaired) electrons. The van der Waals surface area contributed by atoms with Crippen LogP contribution in [0.3, 0.4) is 0 Å². The number of amides is 1. The van der Waals surface area contributed by atoms with E-state index in [2.05, 4.69) is 20.2 Å². The van der Waals surface area contributed by atoms with Crippen molar-refractivity contribution < 1.29 is 9.21 Å². The van der Waals surface area contributed by atoms with Crippen molar-refractivity contribution in [1.82, 2.24) is 15.3 Å². The van der Waals surface area contributed by atoms with Gasteiger partial charge in [0.25, 0.3) is 5.91 Å². The van der Waals surface area contributed by atoms with Gasteiger partial charge in [-0.3, -0.25) is 4.79 Å². The van der Waals surface area contributed by atoms with Crippen LogP contribution in [0.4, 0.5) is 5.95 Å². The van der Waals surface area contributed by atoms with E-state index in [1.807, 2.05) is 36.4 Å². The van der Waals surface area contributed by atoms with Crippen molar-refractivity contribution in [1.29, 1.82) is 0 Å². The van der Waals surface area contributed by atoms with Crippen LogP contribution in [0.1, 0.15) is 16.8 Å². The molecule has 1 fully saturated rings. The molecule has 0 spiro atoms. The Kier molecular flexibility index (Phi) is 4.65. The standard InChI is InChI=1S/C20H18N4O3/c25-18-7-6-15(13-27-18)19(26)22-16-9-11-24(12-16)20-21-10-8-17(23-20)14-4-2-1-3-5-14/h1-8,10,13,16H,9,11-12H2,(H,22,26). The van der Waals surface area contributed by atoms with Gasteiger partial charge in [-0.15, -0.1) is 0 Å². The van der Waals surface area contributed by atoms with Gasteiger partial charge in [-0.1, -0.05) is 30.3 Å². The van der Waals surface area contributed by atoms with Gasteiger partial charge in [0.15, 0.2) is 0 Å². The van der Waals surface area contributed by atoms with Crippen LogP contribution in [0.25, 0.3) is 11.3 Å². The second-order valence-corrected chi connectivity index (χ2v) is 6.36. The normalized spacial score (nSPS) is 16.3. The SMILES string of the molecule is O=C(NC1CCN(c2nccc(-c3ccccc3)n2)C1)c1ccc(=O)oc1. The number of anilines is 1. The fourth-order valence-electron chi connectivity index (χ4n) is 3.09. The fourth-order valence-corrected chi connectivity index (χ4v) is 3.09. The molecule has 1 unspecified atom stereocenters. The van der Waals surface area contributed by atoms with E-state index in [0.717, 1.165) is 24.2 Å². The molecular formula is C20H18N4O3. The highest BCUT2D eigenvalue weighted by Gasteiger charge is 2.26. The number of hydrogen-bond acceptors (Lipinski definition) is 6. The zero-order chi connectivity index (χ0) is 18.6. The number of nitrogens with one attached hydrogen (secondary N) is 1. The summed E-state index contributed by atoms with van der Waals surface area (Å²) in [6.45, 7) is 1.38. The summed E-state index contributed by atoms with van der Waals surface area (Å²) in [7, 11) is 0. The molecule has 1 aliphatic heterocycles. The lowest BCUT2D eigenvalue weighted by atomic mass is 10.1. The predicted octanol–water partition coefficient (Wildman–Crippen LogP) is 2.11. The molecule has 1 aromatic carbocycles. The van der Waals surface area contributed by atoms with Gasteiger partial charge in [-0.05, 0) is 18.6 Å². The molecule has 1 amide bonds. The van der Waals surface area contributed by atoms with E-state index in [0.29, 0.717) is 18.1 Å². The molecule has 7 nitrogen and oxygen atoms in total. The lowest BCUT2D eigenvalue weighted by Crippen LogP contribution is -2.37. The lowest BCUT2D eigenvalue weighted by molar-refractivity contribution is 0.0938. The van der Waals surface area contributed by atoms with Gasteiger partial charge in [0.1, 0.15) is 6.26 Å². The van der Waals surface area contributed by atoms with Crippen LogP contribution in [0.5, 0.6) is 0 Å². The molecule has 27 heavy (non-hydrogen) atoms. The number of rotatable bonds is 4. The van der Waals surface area contributed by atoms with Crippen molar-refractivity contribution in [3.63, 3.8) is 0 Å². The maximum Gasteiger partial charge on any atom is 0.335 e. The molecule has 1 N–H and O–H groups in total. The molecule has 1 saturated heterocycles. The van der Waals surface area contributed by atoms with Gasteiger partial charge in [0.05, 0.1) is 11.3 Å². The highest BCUT2D eigenvalue weighted by Crippen LogP contribution is 2.21. The van der Waals surface area contributed by atoms with Crippen LogP contribution in [0.2, 0.25) is 0 Å². The number of carbonyl (C=O) groups is 1. The first kappa shape index (κ1) is 17.0. The van der Waals surface area contributed by atoms with Crippen molar-refractivity contribution in [2.45, 2.75) is 12.5 Å². The zero-order valence-corrected chi connectivity index (χ0v) is 14.5. The molecule has 4 rings (SSSR count). The van der Waals surface area contributed by atoms with Crippen LogP contribution < -0.4 is 15.8 Å². The van der Waals surface area contributed by atoms with Crippen molar-refractivity contribution in [2.75, 3.05) is 18.0 Å². The Bertz CT molecular complexity index is 983. The lowest BCUT2D eigenvalue weighted by Gasteiger charge is -2.17. The third-order valence-corrected chi connectivity index (χ3v) is 4.48. The van der Waals surface area contributed by atoms with Crippen LogP contribution >= 0.6 is 0 Å². The minimum atomic E-state index is -0.478. The highest BCUT2D eigenvalue weighted by atomic mass is 16.4. The van der Waals surface area contributed by atoms with Gasteiger partial charge < -0.3 is 14.6 Å². The maximum absolute atomic E-state index is 12.3. The summed E-state index contributed by atoms with van der Waals surface area (Å²) in [5, 5.41) is 2.96. The van der Waals surface area contributed by atoms with Gasteiger partial charge in [-0.2, -0.15) is 0 Å². The van der Waals surface area contributed by atoms with Gasteiger partial charge in [-0.25, -0.2) is 14.8 Å². The Balaban J connectivity index is 1.43. The quantitative estimate of drug-likeness (QED) is 0.765. The summed E-state index contributed by atoms with van der Waals surface area (Å²) in [6.07, 6.45) is 3.72. The number of carbonyl (C=O) groups excluding carboxylic acids is 1. The Labute approximate surface area is 155 Å². The summed E-state index contributed by atoms with van der Waals surface area (Å²) in [5.74, 6) is 0.392. The Morgan fingerprint density at radius 3 is 2.78 bits per heavy atom. The van der Waals surface area contributed by atoms with E-state index in [1.165, 1.54) is 18.4 Å². The monoisotopic (exact) mass is 362 g/mol. The Morgan fingerprint density at radius 1 is 1.15 bits per heavy atom. The molecule has 0 aliphatic carbocycles. The molecule has 3 aromatic rings. The summed E-state index contributed by atoms with van der Waals surface area (Å²) < 4.78 is 4.74. The minimum Gasteiger partial charge on any atom is -0.430 e. The molecule has 0 bridgehead atoms. The van der Waals surface area contributed by atoms with Crippen molar-refractivity contribution in [3.8, 4) is 11.3 Å².